The maximum absolute atomic E-state index is 13.2. The summed E-state index contributed by atoms with van der Waals surface area (Å²) in [6, 6.07) is 12.9. The molecule has 1 N–H and O–H groups in total. The molecule has 2 amide bonds. The van der Waals surface area contributed by atoms with Crippen molar-refractivity contribution in [3.05, 3.63) is 53.7 Å². The molecule has 0 saturated carbocycles. The number of likely N-dealkylation sites (tertiary alicyclic amines) is 1. The average molecular weight is 396 g/mol. The lowest BCUT2D eigenvalue weighted by molar-refractivity contribution is -0.142. The van der Waals surface area contributed by atoms with Gasteiger partial charge in [-0.05, 0) is 49.6 Å². The van der Waals surface area contributed by atoms with E-state index in [0.717, 1.165) is 29.8 Å². The number of amides is 2. The second kappa shape index (κ2) is 9.54. The monoisotopic (exact) mass is 395 g/mol. The number of piperidine rings is 1. The van der Waals surface area contributed by atoms with Gasteiger partial charge in [-0.1, -0.05) is 31.5 Å². The van der Waals surface area contributed by atoms with Crippen LogP contribution in [-0.2, 0) is 9.59 Å². The first kappa shape index (κ1) is 20.8. The maximum Gasteiger partial charge on any atom is 0.231 e. The Balaban J connectivity index is 1.90. The predicted octanol–water partition coefficient (Wildman–Crippen LogP) is 4.12. The van der Waals surface area contributed by atoms with Gasteiger partial charge in [0.05, 0.1) is 19.1 Å². The van der Waals surface area contributed by atoms with E-state index in [4.69, 9.17) is 4.74 Å². The normalized spacial score (nSPS) is 19.1. The van der Waals surface area contributed by atoms with Crippen LogP contribution in [0.25, 0.3) is 0 Å². The van der Waals surface area contributed by atoms with Crippen LogP contribution in [0.5, 0.6) is 5.75 Å². The summed E-state index contributed by atoms with van der Waals surface area (Å²) >= 11 is 0. The van der Waals surface area contributed by atoms with Crippen molar-refractivity contribution < 1.29 is 14.3 Å². The molecule has 1 aliphatic rings. The molecule has 3 rings (SSSR count). The zero-order valence-electron chi connectivity index (χ0n) is 17.4. The molecule has 1 fully saturated rings. The number of benzene rings is 1. The molecule has 6 nitrogen and oxygen atoms in total. The quantitative estimate of drug-likeness (QED) is 0.766. The minimum Gasteiger partial charge on any atom is -0.497 e. The molecule has 0 aliphatic carbocycles. The van der Waals surface area contributed by atoms with Crippen LogP contribution in [-0.4, -0.2) is 35.4 Å². The summed E-state index contributed by atoms with van der Waals surface area (Å²) in [6.45, 7) is 4.64. The zero-order valence-corrected chi connectivity index (χ0v) is 17.4. The van der Waals surface area contributed by atoms with Crippen LogP contribution in [0.15, 0.2) is 42.5 Å². The number of aromatic nitrogens is 1. The molecular weight excluding hydrogens is 366 g/mol. The number of aryl methyl sites for hydroxylation is 1. The van der Waals surface area contributed by atoms with Crippen molar-refractivity contribution in [3.8, 4) is 5.75 Å². The summed E-state index contributed by atoms with van der Waals surface area (Å²) in [5.41, 5.74) is 1.80. The molecule has 2 atom stereocenters. The van der Waals surface area contributed by atoms with Crippen molar-refractivity contribution in [2.45, 2.75) is 45.6 Å². The first-order chi connectivity index (χ1) is 14.0. The molecule has 2 heterocycles. The van der Waals surface area contributed by atoms with Gasteiger partial charge in [-0.15, -0.1) is 0 Å². The summed E-state index contributed by atoms with van der Waals surface area (Å²) in [4.78, 5) is 32.2. The Bertz CT molecular complexity index is 851. The fourth-order valence-electron chi connectivity index (χ4n) is 3.86. The summed E-state index contributed by atoms with van der Waals surface area (Å²) in [5, 5.41) is 2.95. The van der Waals surface area contributed by atoms with Crippen molar-refractivity contribution in [2.24, 2.45) is 5.92 Å². The number of anilines is 1. The molecule has 2 aromatic rings. The van der Waals surface area contributed by atoms with E-state index in [9.17, 15) is 9.59 Å². The Morgan fingerprint density at radius 2 is 2.00 bits per heavy atom. The van der Waals surface area contributed by atoms with Crippen molar-refractivity contribution in [2.75, 3.05) is 19.0 Å². The average Bonchev–Trinajstić information content (AvgIpc) is 2.72. The molecule has 1 aromatic heterocycles. The van der Waals surface area contributed by atoms with Crippen molar-refractivity contribution >= 4 is 17.6 Å². The number of carbonyl (C=O) groups is 2. The topological polar surface area (TPSA) is 71.5 Å². The van der Waals surface area contributed by atoms with Gasteiger partial charge < -0.3 is 15.0 Å². The Kier molecular flexibility index (Phi) is 6.86. The van der Waals surface area contributed by atoms with Gasteiger partial charge in [0.15, 0.2) is 0 Å². The van der Waals surface area contributed by atoms with E-state index in [1.54, 1.807) is 13.2 Å². The van der Waals surface area contributed by atoms with E-state index in [1.165, 1.54) is 0 Å². The van der Waals surface area contributed by atoms with E-state index in [-0.39, 0.29) is 23.8 Å². The van der Waals surface area contributed by atoms with Gasteiger partial charge in [0.25, 0.3) is 0 Å². The lowest BCUT2D eigenvalue weighted by atomic mass is 9.83. The van der Waals surface area contributed by atoms with Crippen molar-refractivity contribution in [1.82, 2.24) is 9.88 Å². The summed E-state index contributed by atoms with van der Waals surface area (Å²) in [6.07, 6.45) is 2.81. The Labute approximate surface area is 172 Å². The van der Waals surface area contributed by atoms with E-state index < -0.39 is 0 Å². The molecule has 154 valence electrons. The smallest absolute Gasteiger partial charge is 0.231 e. The zero-order chi connectivity index (χ0) is 20.8. The van der Waals surface area contributed by atoms with Gasteiger partial charge in [-0.3, -0.25) is 9.59 Å². The molecular formula is C23H29N3O3. The van der Waals surface area contributed by atoms with Crippen LogP contribution in [0, 0.1) is 12.8 Å². The number of rotatable bonds is 7. The number of unbranched alkanes of at least 4 members (excludes halogenated alkanes) is 1. The number of hydrogen-bond donors (Lipinski definition) is 1. The van der Waals surface area contributed by atoms with Gasteiger partial charge in [0.2, 0.25) is 11.8 Å². The number of nitrogens with one attached hydrogen (secondary N) is 1. The second-order valence-corrected chi connectivity index (χ2v) is 7.46. The summed E-state index contributed by atoms with van der Waals surface area (Å²) in [7, 11) is 1.62. The highest BCUT2D eigenvalue weighted by Crippen LogP contribution is 2.38. The van der Waals surface area contributed by atoms with Crippen LogP contribution >= 0.6 is 0 Å². The number of hydrogen-bond acceptors (Lipinski definition) is 4. The predicted molar refractivity (Wildman–Crippen MR) is 113 cm³/mol. The van der Waals surface area contributed by atoms with Crippen LogP contribution in [0.1, 0.15) is 49.9 Å². The first-order valence-electron chi connectivity index (χ1n) is 10.2. The van der Waals surface area contributed by atoms with Crippen molar-refractivity contribution in [3.63, 3.8) is 0 Å². The molecule has 29 heavy (non-hydrogen) atoms. The van der Waals surface area contributed by atoms with Crippen molar-refractivity contribution in [1.29, 1.82) is 0 Å². The molecule has 6 heteroatoms. The lowest BCUT2D eigenvalue weighted by Gasteiger charge is -2.41. The molecule has 0 unspecified atom stereocenters. The Morgan fingerprint density at radius 1 is 1.24 bits per heavy atom. The summed E-state index contributed by atoms with van der Waals surface area (Å²) in [5.74, 6) is 0.969. The second-order valence-electron chi connectivity index (χ2n) is 7.46. The van der Waals surface area contributed by atoms with Gasteiger partial charge in [-0.2, -0.15) is 0 Å². The standard InChI is InChI=1S/C23H29N3O3/c1-4-5-15-26-21(27)14-13-19(22(26)17-9-11-18(29-3)12-10-17)23(28)25-20-8-6-7-16(2)24-20/h6-12,19,22H,4-5,13-15H2,1-3H3,(H,24,25,28)/t19-,22-/m1/s1. The van der Waals surface area contributed by atoms with E-state index >= 15 is 0 Å². The summed E-state index contributed by atoms with van der Waals surface area (Å²) < 4.78 is 5.27. The van der Waals surface area contributed by atoms with E-state index in [2.05, 4.69) is 17.2 Å². The maximum atomic E-state index is 13.2. The molecule has 1 saturated heterocycles. The fraction of sp³-hybridized carbons (Fsp3) is 0.435. The van der Waals surface area contributed by atoms with Crippen LogP contribution in [0.2, 0.25) is 0 Å². The molecule has 0 bridgehead atoms. The van der Waals surface area contributed by atoms with Gasteiger partial charge in [0.1, 0.15) is 11.6 Å². The molecule has 0 radical (unpaired) electrons. The number of nitrogens with zero attached hydrogens (tertiary/aromatic N) is 2. The first-order valence-corrected chi connectivity index (χ1v) is 10.2. The van der Waals surface area contributed by atoms with Gasteiger partial charge >= 0.3 is 0 Å². The highest BCUT2D eigenvalue weighted by atomic mass is 16.5. The molecule has 0 spiro atoms. The third-order valence-corrected chi connectivity index (χ3v) is 5.39. The van der Waals surface area contributed by atoms with E-state index in [0.29, 0.717) is 25.2 Å². The SMILES string of the molecule is CCCCN1C(=O)CC[C@@H](C(=O)Nc2cccc(C)n2)[C@H]1c1ccc(OC)cc1. The minimum atomic E-state index is -0.333. The number of pyridine rings is 1. The largest absolute Gasteiger partial charge is 0.497 e. The van der Waals surface area contributed by atoms with Crippen LogP contribution in [0.4, 0.5) is 5.82 Å². The fourth-order valence-corrected chi connectivity index (χ4v) is 3.86. The van der Waals surface area contributed by atoms with Crippen LogP contribution < -0.4 is 10.1 Å². The number of methoxy groups -OCH3 is 1. The third kappa shape index (κ3) is 4.94. The molecule has 1 aliphatic heterocycles. The number of carbonyl (C=O) groups excluding carboxylic acids is 2. The third-order valence-electron chi connectivity index (χ3n) is 5.39. The highest BCUT2D eigenvalue weighted by Gasteiger charge is 2.40. The van der Waals surface area contributed by atoms with Gasteiger partial charge in [0, 0.05) is 18.7 Å². The van der Waals surface area contributed by atoms with Gasteiger partial charge in [-0.25, -0.2) is 4.98 Å². The molecule has 1 aromatic carbocycles. The lowest BCUT2D eigenvalue weighted by Crippen LogP contribution is -2.47. The number of ether oxygens (including phenoxy) is 1. The Morgan fingerprint density at radius 3 is 2.66 bits per heavy atom. The van der Waals surface area contributed by atoms with E-state index in [1.807, 2.05) is 48.2 Å². The Hall–Kier alpha value is -2.89. The highest BCUT2D eigenvalue weighted by molar-refractivity contribution is 5.94. The minimum absolute atomic E-state index is 0.0992. The van der Waals surface area contributed by atoms with Crippen LogP contribution in [0.3, 0.4) is 0 Å².